The summed E-state index contributed by atoms with van der Waals surface area (Å²) in [6, 6.07) is 1.81. The molecule has 9 atom stereocenters. The van der Waals surface area contributed by atoms with Gasteiger partial charge >= 0.3 is 11.9 Å². The zero-order valence-electron chi connectivity index (χ0n) is 15.2. The fraction of sp³-hybridized carbons (Fsp3) is 0.700. The molecule has 0 amide bonds. The zero-order valence-corrected chi connectivity index (χ0v) is 15.2. The quantitative estimate of drug-likeness (QED) is 0.590. The van der Waals surface area contributed by atoms with Crippen molar-refractivity contribution < 1.29 is 33.3 Å². The van der Waals surface area contributed by atoms with E-state index in [1.54, 1.807) is 12.5 Å². The van der Waals surface area contributed by atoms with Gasteiger partial charge in [0.25, 0.3) is 0 Å². The van der Waals surface area contributed by atoms with Crippen LogP contribution < -0.4 is 0 Å². The van der Waals surface area contributed by atoms with E-state index in [0.29, 0.717) is 19.3 Å². The number of carbonyl (C=O) groups is 2. The molecule has 0 spiro atoms. The number of furan rings is 1. The number of carbonyl (C=O) groups excluding carboxylic acids is 2. The molecule has 2 bridgehead atoms. The van der Waals surface area contributed by atoms with Gasteiger partial charge in [-0.05, 0) is 30.7 Å². The number of hydrogen-bond acceptors (Lipinski definition) is 7. The second-order valence-electron chi connectivity index (χ2n) is 9.34. The second kappa shape index (κ2) is 4.58. The minimum Gasteiger partial charge on any atom is -0.472 e. The smallest absolute Gasteiger partial charge is 0.341 e. The van der Waals surface area contributed by atoms with Crippen molar-refractivity contribution in [3.8, 4) is 0 Å². The Morgan fingerprint density at radius 2 is 2.00 bits per heavy atom. The van der Waals surface area contributed by atoms with Gasteiger partial charge in [0.05, 0.1) is 18.4 Å². The van der Waals surface area contributed by atoms with Crippen LogP contribution in [0.5, 0.6) is 0 Å². The zero-order chi connectivity index (χ0) is 18.8. The molecule has 7 heteroatoms. The van der Waals surface area contributed by atoms with Gasteiger partial charge in [0.15, 0.2) is 5.60 Å². The average Bonchev–Trinajstić information content (AvgIpc) is 3.24. The summed E-state index contributed by atoms with van der Waals surface area (Å²) >= 11 is 0. The number of esters is 2. The maximum Gasteiger partial charge on any atom is 0.341 e. The monoisotopic (exact) mass is 374 g/mol. The van der Waals surface area contributed by atoms with E-state index in [2.05, 4.69) is 6.92 Å². The number of epoxide rings is 1. The lowest BCUT2D eigenvalue weighted by atomic mass is 9.41. The summed E-state index contributed by atoms with van der Waals surface area (Å²) in [6.45, 7) is 4.06. The fourth-order valence-electron chi connectivity index (χ4n) is 6.93. The first-order chi connectivity index (χ1) is 12.8. The molecule has 1 N–H and O–H groups in total. The van der Waals surface area contributed by atoms with Crippen LogP contribution in [0.3, 0.4) is 0 Å². The van der Waals surface area contributed by atoms with Crippen molar-refractivity contribution in [2.45, 2.75) is 63.1 Å². The van der Waals surface area contributed by atoms with Crippen molar-refractivity contribution in [1.29, 1.82) is 0 Å². The van der Waals surface area contributed by atoms with Gasteiger partial charge in [-0.2, -0.15) is 0 Å². The summed E-state index contributed by atoms with van der Waals surface area (Å²) in [5.41, 5.74) is -1.97. The largest absolute Gasteiger partial charge is 0.472 e. The number of rotatable bonds is 1. The molecule has 7 nitrogen and oxygen atoms in total. The van der Waals surface area contributed by atoms with Gasteiger partial charge in [0.1, 0.15) is 24.4 Å². The number of ether oxygens (including phenoxy) is 3. The SMILES string of the molecule is C[C@@]12C[C@H](c3ccoc3)OC(=O)C1CC[C@]1(C)[C@H]2C2OC(=O)[C@@]1(O)[C@H]1O[C@@H]21. The molecule has 4 saturated heterocycles. The Hall–Kier alpha value is -1.86. The molecule has 27 heavy (non-hydrogen) atoms. The lowest BCUT2D eigenvalue weighted by molar-refractivity contribution is -0.282. The lowest BCUT2D eigenvalue weighted by Crippen LogP contribution is -2.77. The van der Waals surface area contributed by atoms with Gasteiger partial charge in [-0.25, -0.2) is 4.79 Å². The first kappa shape index (κ1) is 16.1. The molecule has 7 rings (SSSR count). The topological polar surface area (TPSA) is 98.5 Å². The van der Waals surface area contributed by atoms with Crippen LogP contribution in [0.15, 0.2) is 23.0 Å². The Balaban J connectivity index is 1.48. The van der Waals surface area contributed by atoms with Crippen molar-refractivity contribution in [1.82, 2.24) is 0 Å². The molecule has 4 aliphatic heterocycles. The van der Waals surface area contributed by atoms with Crippen LogP contribution in [-0.2, 0) is 23.8 Å². The van der Waals surface area contributed by atoms with E-state index in [9.17, 15) is 14.7 Å². The van der Waals surface area contributed by atoms with E-state index in [1.807, 2.05) is 13.0 Å². The fourth-order valence-corrected chi connectivity index (χ4v) is 6.93. The first-order valence-corrected chi connectivity index (χ1v) is 9.62. The van der Waals surface area contributed by atoms with Crippen LogP contribution in [0.2, 0.25) is 0 Å². The first-order valence-electron chi connectivity index (χ1n) is 9.62. The standard InChI is InChI=1S/C20H22O7/c1-18-7-11(9-4-6-24-8-9)25-16(21)10(18)3-5-19(2)14(18)12-13-15(26-13)20(19,23)17(22)27-12/h4,6,8,10-15,23H,3,5,7H2,1-2H3/t10?,11-,12?,13+,14+,15+,18-,19-,20+/m1/s1. The van der Waals surface area contributed by atoms with E-state index in [-0.39, 0.29) is 23.9 Å². The van der Waals surface area contributed by atoms with Crippen LogP contribution in [0.4, 0.5) is 0 Å². The third-order valence-corrected chi connectivity index (χ3v) is 8.24. The molecular weight excluding hydrogens is 352 g/mol. The van der Waals surface area contributed by atoms with Gasteiger partial charge in [-0.3, -0.25) is 4.79 Å². The highest BCUT2D eigenvalue weighted by atomic mass is 16.7. The highest BCUT2D eigenvalue weighted by molar-refractivity contribution is 5.85. The Bertz CT molecular complexity index is 849. The molecule has 2 saturated carbocycles. The summed E-state index contributed by atoms with van der Waals surface area (Å²) in [7, 11) is 0. The molecule has 2 unspecified atom stereocenters. The molecule has 1 aromatic heterocycles. The summed E-state index contributed by atoms with van der Waals surface area (Å²) in [5.74, 6) is -1.24. The Morgan fingerprint density at radius 3 is 2.74 bits per heavy atom. The van der Waals surface area contributed by atoms with Gasteiger partial charge < -0.3 is 23.7 Å². The Morgan fingerprint density at radius 1 is 1.19 bits per heavy atom. The van der Waals surface area contributed by atoms with Gasteiger partial charge in [0, 0.05) is 16.9 Å². The molecule has 6 aliphatic rings. The summed E-state index contributed by atoms with van der Waals surface area (Å²) in [5, 5.41) is 11.4. The van der Waals surface area contributed by atoms with Crippen LogP contribution in [-0.4, -0.2) is 41.0 Å². The highest BCUT2D eigenvalue weighted by Gasteiger charge is 2.84. The number of hydrogen-bond donors (Lipinski definition) is 1. The Labute approximate surface area is 155 Å². The van der Waals surface area contributed by atoms with Crippen molar-refractivity contribution in [3.63, 3.8) is 0 Å². The maximum absolute atomic E-state index is 12.9. The predicted molar refractivity (Wildman–Crippen MR) is 88.1 cm³/mol. The minimum absolute atomic E-state index is 0.169. The molecule has 6 fully saturated rings. The molecule has 2 aliphatic carbocycles. The molecule has 0 radical (unpaired) electrons. The van der Waals surface area contributed by atoms with E-state index >= 15 is 0 Å². The molecule has 1 aromatic rings. The average molecular weight is 374 g/mol. The van der Waals surface area contributed by atoms with E-state index < -0.39 is 40.7 Å². The second-order valence-corrected chi connectivity index (χ2v) is 9.34. The van der Waals surface area contributed by atoms with Gasteiger partial charge in [-0.1, -0.05) is 13.8 Å². The summed E-state index contributed by atoms with van der Waals surface area (Å²) in [4.78, 5) is 25.5. The van der Waals surface area contributed by atoms with Gasteiger partial charge in [-0.15, -0.1) is 0 Å². The van der Waals surface area contributed by atoms with Crippen LogP contribution in [0.25, 0.3) is 0 Å². The number of fused-ring (bicyclic) bond motifs is 2. The van der Waals surface area contributed by atoms with Crippen LogP contribution in [0.1, 0.15) is 44.8 Å². The normalized spacial score (nSPS) is 55.1. The van der Waals surface area contributed by atoms with E-state index in [0.717, 1.165) is 5.56 Å². The lowest BCUT2D eigenvalue weighted by Gasteiger charge is -2.66. The third kappa shape index (κ3) is 1.63. The van der Waals surface area contributed by atoms with E-state index in [1.165, 1.54) is 0 Å². The van der Waals surface area contributed by atoms with Crippen LogP contribution >= 0.6 is 0 Å². The maximum atomic E-state index is 12.9. The van der Waals surface area contributed by atoms with Crippen molar-refractivity contribution in [3.05, 3.63) is 24.2 Å². The molecule has 144 valence electrons. The molecule has 0 aromatic carbocycles. The van der Waals surface area contributed by atoms with Gasteiger partial charge in [0.2, 0.25) is 0 Å². The molecular formula is C20H22O7. The predicted octanol–water partition coefficient (Wildman–Crippen LogP) is 1.74. The van der Waals surface area contributed by atoms with Crippen molar-refractivity contribution in [2.24, 2.45) is 22.7 Å². The minimum atomic E-state index is -1.64. The third-order valence-electron chi connectivity index (χ3n) is 8.24. The molecule has 5 heterocycles. The highest BCUT2D eigenvalue weighted by Crippen LogP contribution is 2.72. The van der Waals surface area contributed by atoms with Crippen molar-refractivity contribution in [2.75, 3.05) is 0 Å². The van der Waals surface area contributed by atoms with E-state index in [4.69, 9.17) is 18.6 Å². The van der Waals surface area contributed by atoms with Crippen molar-refractivity contribution >= 4 is 11.9 Å². The number of cyclic esters (lactones) is 1. The van der Waals surface area contributed by atoms with Crippen LogP contribution in [0, 0.1) is 22.7 Å². The summed E-state index contributed by atoms with van der Waals surface area (Å²) < 4.78 is 22.3. The Kier molecular flexibility index (Phi) is 2.73. The number of aliphatic hydroxyl groups is 1. The summed E-state index contributed by atoms with van der Waals surface area (Å²) in [6.07, 6.45) is 3.34.